The van der Waals surface area contributed by atoms with Gasteiger partial charge in [0.05, 0.1) is 11.5 Å². The molecule has 1 unspecified atom stereocenters. The van der Waals surface area contributed by atoms with Crippen molar-refractivity contribution in [2.24, 2.45) is 0 Å². The fourth-order valence-electron chi connectivity index (χ4n) is 1.31. The van der Waals surface area contributed by atoms with Crippen molar-refractivity contribution in [3.8, 4) is 0 Å². The molecule has 0 aliphatic rings. The number of hydrogen-bond donors (Lipinski definition) is 1. The van der Waals surface area contributed by atoms with Crippen molar-refractivity contribution in [1.82, 2.24) is 0 Å². The topological polar surface area (TPSA) is 54.4 Å². The Morgan fingerprint density at radius 3 is 2.40 bits per heavy atom. The van der Waals surface area contributed by atoms with Gasteiger partial charge in [-0.1, -0.05) is 18.2 Å². The van der Waals surface area contributed by atoms with E-state index in [2.05, 4.69) is 0 Å². The van der Waals surface area contributed by atoms with E-state index in [0.717, 1.165) is 13.2 Å². The molecule has 0 aliphatic heterocycles. The highest BCUT2D eigenvalue weighted by Crippen LogP contribution is 2.30. The molecule has 0 amide bonds. The zero-order valence-corrected chi connectivity index (χ0v) is 9.38. The van der Waals surface area contributed by atoms with Crippen LogP contribution in [0.5, 0.6) is 0 Å². The molecule has 5 heteroatoms. The summed E-state index contributed by atoms with van der Waals surface area (Å²) >= 11 is 0. The van der Waals surface area contributed by atoms with Gasteiger partial charge in [0, 0.05) is 11.8 Å². The second-order valence-corrected chi connectivity index (χ2v) is 5.61. The van der Waals surface area contributed by atoms with Gasteiger partial charge < -0.3 is 5.11 Å². The minimum absolute atomic E-state index is 0.00463. The Morgan fingerprint density at radius 1 is 1.40 bits per heavy atom. The predicted octanol–water partition coefficient (Wildman–Crippen LogP) is 1.27. The zero-order valence-electron chi connectivity index (χ0n) is 8.57. The Hall–Kier alpha value is -0.940. The number of sulfone groups is 1. The summed E-state index contributed by atoms with van der Waals surface area (Å²) in [6.07, 6.45) is 1.01. The summed E-state index contributed by atoms with van der Waals surface area (Å²) in [7, 11) is -3.48. The third-order valence-corrected chi connectivity index (χ3v) is 3.30. The maximum Gasteiger partial charge on any atom is 0.175 e. The van der Waals surface area contributed by atoms with E-state index in [4.69, 9.17) is 5.11 Å². The number of aliphatic hydroxyl groups excluding tert-OH is 1. The van der Waals surface area contributed by atoms with Crippen LogP contribution in [0, 0.1) is 0 Å². The van der Waals surface area contributed by atoms with Gasteiger partial charge in [-0.05, 0) is 13.0 Å². The van der Waals surface area contributed by atoms with Crippen LogP contribution in [-0.2, 0) is 15.5 Å². The van der Waals surface area contributed by atoms with Gasteiger partial charge in [-0.2, -0.15) is 0 Å². The molecular formula is C10H13FO3S. The monoisotopic (exact) mass is 232 g/mol. The Morgan fingerprint density at radius 2 is 1.93 bits per heavy atom. The molecule has 1 N–H and O–H groups in total. The van der Waals surface area contributed by atoms with Crippen LogP contribution in [0.4, 0.5) is 4.39 Å². The molecule has 1 rings (SSSR count). The number of alkyl halides is 1. The van der Waals surface area contributed by atoms with Crippen LogP contribution in [0.1, 0.15) is 12.5 Å². The molecule has 0 saturated heterocycles. The lowest BCUT2D eigenvalue weighted by molar-refractivity contribution is 0.0842. The quantitative estimate of drug-likeness (QED) is 0.853. The summed E-state index contributed by atoms with van der Waals surface area (Å²) in [5, 5.41) is 8.87. The van der Waals surface area contributed by atoms with Crippen LogP contribution in [0.25, 0.3) is 0 Å². The van der Waals surface area contributed by atoms with Gasteiger partial charge in [0.1, 0.15) is 0 Å². The van der Waals surface area contributed by atoms with Crippen LogP contribution in [0.15, 0.2) is 29.2 Å². The Balaban J connectivity index is 3.44. The van der Waals surface area contributed by atoms with Crippen molar-refractivity contribution >= 4 is 9.84 Å². The standard InChI is InChI=1S/C10H13FO3S/c1-10(11,7-12)8-5-3-4-6-9(8)15(2,13)14/h3-6,12H,7H2,1-2H3. The molecule has 0 aromatic heterocycles. The average molecular weight is 232 g/mol. The van der Waals surface area contributed by atoms with Gasteiger partial charge in [-0.15, -0.1) is 0 Å². The van der Waals surface area contributed by atoms with E-state index in [-0.39, 0.29) is 10.5 Å². The number of aliphatic hydroxyl groups is 1. The highest BCUT2D eigenvalue weighted by Gasteiger charge is 2.30. The molecule has 0 spiro atoms. The van der Waals surface area contributed by atoms with E-state index in [0.29, 0.717) is 0 Å². The van der Waals surface area contributed by atoms with E-state index in [1.54, 1.807) is 0 Å². The summed E-state index contributed by atoms with van der Waals surface area (Å²) in [4.78, 5) is -0.0796. The molecule has 1 aromatic rings. The molecule has 0 radical (unpaired) electrons. The van der Waals surface area contributed by atoms with Gasteiger partial charge in [-0.25, -0.2) is 12.8 Å². The number of benzene rings is 1. The molecule has 0 heterocycles. The van der Waals surface area contributed by atoms with Crippen molar-refractivity contribution in [3.05, 3.63) is 29.8 Å². The molecule has 84 valence electrons. The highest BCUT2D eigenvalue weighted by atomic mass is 32.2. The minimum atomic E-state index is -3.48. The fraction of sp³-hybridized carbons (Fsp3) is 0.400. The van der Waals surface area contributed by atoms with Gasteiger partial charge >= 0.3 is 0 Å². The predicted molar refractivity (Wildman–Crippen MR) is 55.1 cm³/mol. The molecule has 0 aliphatic carbocycles. The second kappa shape index (κ2) is 3.90. The molecule has 1 aromatic carbocycles. The molecule has 0 bridgehead atoms. The third kappa shape index (κ3) is 2.54. The lowest BCUT2D eigenvalue weighted by Gasteiger charge is -2.20. The SMILES string of the molecule is CC(F)(CO)c1ccccc1S(C)(=O)=O. The summed E-state index contributed by atoms with van der Waals surface area (Å²) in [5.41, 5.74) is -2.05. The number of halogens is 1. The zero-order chi connectivity index (χ0) is 11.7. The normalized spacial score (nSPS) is 16.0. The minimum Gasteiger partial charge on any atom is -0.393 e. The summed E-state index contributed by atoms with van der Waals surface area (Å²) in [6, 6.07) is 5.76. The van der Waals surface area contributed by atoms with Gasteiger partial charge in [-0.3, -0.25) is 0 Å². The lowest BCUT2D eigenvalue weighted by Crippen LogP contribution is -2.23. The highest BCUT2D eigenvalue weighted by molar-refractivity contribution is 7.90. The molecular weight excluding hydrogens is 219 g/mol. The molecule has 15 heavy (non-hydrogen) atoms. The first-order chi connectivity index (χ1) is 6.79. The molecule has 1 atom stereocenters. The van der Waals surface area contributed by atoms with Gasteiger partial charge in [0.2, 0.25) is 0 Å². The van der Waals surface area contributed by atoms with E-state index < -0.39 is 22.1 Å². The van der Waals surface area contributed by atoms with Gasteiger partial charge in [0.25, 0.3) is 0 Å². The van der Waals surface area contributed by atoms with E-state index in [1.807, 2.05) is 0 Å². The van der Waals surface area contributed by atoms with Crippen LogP contribution >= 0.6 is 0 Å². The summed E-state index contributed by atoms with van der Waals surface area (Å²) < 4.78 is 36.6. The van der Waals surface area contributed by atoms with Crippen LogP contribution in [-0.4, -0.2) is 26.4 Å². The molecule has 0 fully saturated rings. The van der Waals surface area contributed by atoms with E-state index >= 15 is 0 Å². The smallest absolute Gasteiger partial charge is 0.175 e. The van der Waals surface area contributed by atoms with Crippen molar-refractivity contribution in [3.63, 3.8) is 0 Å². The molecule has 3 nitrogen and oxygen atoms in total. The second-order valence-electron chi connectivity index (χ2n) is 3.62. The lowest BCUT2D eigenvalue weighted by atomic mass is 9.99. The maximum absolute atomic E-state index is 13.8. The van der Waals surface area contributed by atoms with Crippen LogP contribution < -0.4 is 0 Å². The summed E-state index contributed by atoms with van der Waals surface area (Å²) in [6.45, 7) is 0.399. The first-order valence-electron chi connectivity index (χ1n) is 4.38. The Labute approximate surface area is 88.5 Å². The third-order valence-electron chi connectivity index (χ3n) is 2.15. The van der Waals surface area contributed by atoms with Crippen LogP contribution in [0.2, 0.25) is 0 Å². The van der Waals surface area contributed by atoms with E-state index in [1.165, 1.54) is 24.3 Å². The number of hydrogen-bond acceptors (Lipinski definition) is 3. The maximum atomic E-state index is 13.8. The average Bonchev–Trinajstić information content (AvgIpc) is 2.16. The fourth-order valence-corrected chi connectivity index (χ4v) is 2.31. The Kier molecular flexibility index (Phi) is 3.16. The van der Waals surface area contributed by atoms with Crippen molar-refractivity contribution in [2.75, 3.05) is 12.9 Å². The van der Waals surface area contributed by atoms with Crippen molar-refractivity contribution < 1.29 is 17.9 Å². The van der Waals surface area contributed by atoms with Crippen molar-refractivity contribution in [1.29, 1.82) is 0 Å². The van der Waals surface area contributed by atoms with Crippen LogP contribution in [0.3, 0.4) is 0 Å². The Bertz CT molecular complexity index is 451. The van der Waals surface area contributed by atoms with E-state index in [9.17, 15) is 12.8 Å². The number of rotatable bonds is 3. The molecule has 0 saturated carbocycles. The largest absolute Gasteiger partial charge is 0.393 e. The first kappa shape index (κ1) is 12.1. The van der Waals surface area contributed by atoms with Gasteiger partial charge in [0.15, 0.2) is 15.5 Å². The first-order valence-corrected chi connectivity index (χ1v) is 6.27. The van der Waals surface area contributed by atoms with Crippen molar-refractivity contribution in [2.45, 2.75) is 17.5 Å². The summed E-state index contributed by atoms with van der Waals surface area (Å²) in [5.74, 6) is 0.